The minimum absolute atomic E-state index is 0.0860. The quantitative estimate of drug-likeness (QED) is 0.694. The van der Waals surface area contributed by atoms with Gasteiger partial charge in [0.2, 0.25) is 0 Å². The van der Waals surface area contributed by atoms with Gasteiger partial charge < -0.3 is 15.2 Å². The van der Waals surface area contributed by atoms with E-state index >= 15 is 0 Å². The Hall–Kier alpha value is -0.670. The fourth-order valence-electron chi connectivity index (χ4n) is 0.867. The lowest BCUT2D eigenvalue weighted by Crippen LogP contribution is -2.12. The van der Waals surface area contributed by atoms with Crippen LogP contribution < -0.4 is 11.0 Å². The molecule has 0 spiro atoms. The number of rotatable bonds is 4. The van der Waals surface area contributed by atoms with Crippen LogP contribution in [0.5, 0.6) is 0 Å². The molecular formula is C8H12NO3P. The van der Waals surface area contributed by atoms with Crippen molar-refractivity contribution in [3.63, 3.8) is 0 Å². The second kappa shape index (κ2) is 4.53. The Labute approximate surface area is 76.9 Å². The minimum atomic E-state index is -3.64. The molecule has 0 heterocycles. The number of nitrogens with two attached hydrogens (primary N) is 1. The molecule has 0 aliphatic heterocycles. The van der Waals surface area contributed by atoms with E-state index in [1.807, 2.05) is 0 Å². The van der Waals surface area contributed by atoms with Crippen LogP contribution in [0, 0.1) is 0 Å². The van der Waals surface area contributed by atoms with Crippen LogP contribution in [0.1, 0.15) is 0 Å². The first-order valence-corrected chi connectivity index (χ1v) is 5.47. The molecule has 0 saturated heterocycles. The normalized spacial score (nSPS) is 15.2. The fraction of sp³-hybridized carbons (Fsp3) is 0.250. The summed E-state index contributed by atoms with van der Waals surface area (Å²) in [6, 6.07) is 8.25. The highest BCUT2D eigenvalue weighted by Crippen LogP contribution is 2.39. The van der Waals surface area contributed by atoms with E-state index in [1.165, 1.54) is 0 Å². The maximum atomic E-state index is 11.5. The molecule has 1 atom stereocenters. The zero-order chi connectivity index (χ0) is 9.73. The van der Waals surface area contributed by atoms with Crippen LogP contribution in [0.25, 0.3) is 0 Å². The van der Waals surface area contributed by atoms with Crippen LogP contribution >= 0.6 is 7.60 Å². The van der Waals surface area contributed by atoms with Gasteiger partial charge >= 0.3 is 7.60 Å². The van der Waals surface area contributed by atoms with Crippen LogP contribution in [0.3, 0.4) is 0 Å². The van der Waals surface area contributed by atoms with E-state index in [0.29, 0.717) is 5.30 Å². The van der Waals surface area contributed by atoms with Crippen molar-refractivity contribution in [1.82, 2.24) is 0 Å². The van der Waals surface area contributed by atoms with E-state index in [0.717, 1.165) is 0 Å². The first kappa shape index (κ1) is 10.4. The van der Waals surface area contributed by atoms with E-state index in [4.69, 9.17) is 10.3 Å². The molecule has 0 bridgehead atoms. The summed E-state index contributed by atoms with van der Waals surface area (Å²) in [5, 5.41) is 0.295. The van der Waals surface area contributed by atoms with E-state index in [1.54, 1.807) is 30.3 Å². The molecule has 0 saturated carbocycles. The van der Waals surface area contributed by atoms with Gasteiger partial charge in [0.1, 0.15) is 0 Å². The van der Waals surface area contributed by atoms with E-state index in [2.05, 4.69) is 0 Å². The molecule has 1 aromatic carbocycles. The molecule has 0 fully saturated rings. The lowest BCUT2D eigenvalue weighted by atomic mass is 10.4. The third-order valence-corrected chi connectivity index (χ3v) is 2.95. The fourth-order valence-corrected chi connectivity index (χ4v) is 1.92. The Morgan fingerprint density at radius 2 is 2.00 bits per heavy atom. The molecule has 1 unspecified atom stereocenters. The second-order valence-electron chi connectivity index (χ2n) is 2.48. The summed E-state index contributed by atoms with van der Waals surface area (Å²) in [6.07, 6.45) is 0. The lowest BCUT2D eigenvalue weighted by Gasteiger charge is -2.10. The highest BCUT2D eigenvalue weighted by molar-refractivity contribution is 7.61. The summed E-state index contributed by atoms with van der Waals surface area (Å²) < 4.78 is 16.2. The Balaban J connectivity index is 2.76. The molecule has 0 aliphatic rings. The van der Waals surface area contributed by atoms with Gasteiger partial charge in [-0.1, -0.05) is 18.2 Å². The maximum Gasteiger partial charge on any atom is 0.358 e. The van der Waals surface area contributed by atoms with Crippen LogP contribution in [0.15, 0.2) is 30.3 Å². The molecule has 72 valence electrons. The van der Waals surface area contributed by atoms with Crippen molar-refractivity contribution in [1.29, 1.82) is 0 Å². The Bertz CT molecular complexity index is 302. The van der Waals surface area contributed by atoms with E-state index in [9.17, 15) is 9.46 Å². The molecular weight excluding hydrogens is 189 g/mol. The number of hydrogen-bond acceptors (Lipinski definition) is 3. The van der Waals surface area contributed by atoms with Gasteiger partial charge in [0.15, 0.2) is 0 Å². The van der Waals surface area contributed by atoms with Gasteiger partial charge in [-0.25, -0.2) is 0 Å². The first-order chi connectivity index (χ1) is 6.17. The van der Waals surface area contributed by atoms with Crippen molar-refractivity contribution in [2.24, 2.45) is 5.73 Å². The van der Waals surface area contributed by atoms with Crippen LogP contribution in [0.2, 0.25) is 0 Å². The number of benzene rings is 1. The molecule has 5 heteroatoms. The highest BCUT2D eigenvalue weighted by atomic mass is 31.2. The zero-order valence-corrected chi connectivity index (χ0v) is 7.98. The van der Waals surface area contributed by atoms with Crippen molar-refractivity contribution in [3.8, 4) is 0 Å². The molecule has 13 heavy (non-hydrogen) atoms. The van der Waals surface area contributed by atoms with Gasteiger partial charge in [0.25, 0.3) is 0 Å². The van der Waals surface area contributed by atoms with Crippen LogP contribution in [0.4, 0.5) is 0 Å². The molecule has 0 amide bonds. The van der Waals surface area contributed by atoms with Crippen molar-refractivity contribution in [2.75, 3.05) is 13.2 Å². The molecule has 0 aliphatic carbocycles. The second-order valence-corrected chi connectivity index (χ2v) is 4.29. The molecule has 0 aromatic heterocycles. The highest BCUT2D eigenvalue weighted by Gasteiger charge is 2.21. The summed E-state index contributed by atoms with van der Waals surface area (Å²) in [5.74, 6) is 0. The molecule has 0 radical (unpaired) electrons. The summed E-state index contributed by atoms with van der Waals surface area (Å²) in [5.41, 5.74) is 5.16. The standard InChI is InChI=1S/C8H12NO3P/c9-6-7-12-13(10,11)8-4-2-1-3-5-8/h1-5H,6-7,9H2,(H,10,11). The number of hydrogen-bond donors (Lipinski definition) is 2. The van der Waals surface area contributed by atoms with E-state index in [-0.39, 0.29) is 13.2 Å². The monoisotopic (exact) mass is 201 g/mol. The summed E-state index contributed by atoms with van der Waals surface area (Å²) in [7, 11) is -3.64. The summed E-state index contributed by atoms with van der Waals surface area (Å²) in [4.78, 5) is 9.39. The van der Waals surface area contributed by atoms with Crippen molar-refractivity contribution in [3.05, 3.63) is 30.3 Å². The predicted molar refractivity (Wildman–Crippen MR) is 50.9 cm³/mol. The van der Waals surface area contributed by atoms with E-state index < -0.39 is 7.60 Å². The predicted octanol–water partition coefficient (Wildman–Crippen LogP) is 0.473. The average Bonchev–Trinajstić information content (AvgIpc) is 2.16. The Morgan fingerprint density at radius 1 is 1.38 bits per heavy atom. The Kier molecular flexibility index (Phi) is 3.63. The van der Waals surface area contributed by atoms with Gasteiger partial charge in [0.05, 0.1) is 11.9 Å². The topological polar surface area (TPSA) is 72.5 Å². The third-order valence-electron chi connectivity index (χ3n) is 1.47. The maximum absolute atomic E-state index is 11.5. The van der Waals surface area contributed by atoms with Gasteiger partial charge in [-0.05, 0) is 12.1 Å². The Morgan fingerprint density at radius 3 is 2.54 bits per heavy atom. The van der Waals surface area contributed by atoms with Crippen LogP contribution in [-0.2, 0) is 9.09 Å². The van der Waals surface area contributed by atoms with Crippen molar-refractivity contribution in [2.45, 2.75) is 0 Å². The van der Waals surface area contributed by atoms with Gasteiger partial charge in [-0.3, -0.25) is 4.57 Å². The molecule has 1 aromatic rings. The summed E-state index contributed by atoms with van der Waals surface area (Å²) >= 11 is 0. The van der Waals surface area contributed by atoms with Gasteiger partial charge in [-0.15, -0.1) is 0 Å². The van der Waals surface area contributed by atoms with Crippen molar-refractivity contribution < 1.29 is 14.0 Å². The van der Waals surface area contributed by atoms with Crippen molar-refractivity contribution >= 4 is 12.9 Å². The smallest absolute Gasteiger partial charge is 0.328 e. The first-order valence-electron chi connectivity index (χ1n) is 3.90. The largest absolute Gasteiger partial charge is 0.358 e. The molecule has 4 nitrogen and oxygen atoms in total. The molecule has 3 N–H and O–H groups in total. The zero-order valence-electron chi connectivity index (χ0n) is 7.09. The van der Waals surface area contributed by atoms with Gasteiger partial charge in [-0.2, -0.15) is 0 Å². The van der Waals surface area contributed by atoms with Crippen LogP contribution in [-0.4, -0.2) is 18.0 Å². The van der Waals surface area contributed by atoms with Gasteiger partial charge in [0, 0.05) is 6.54 Å². The average molecular weight is 201 g/mol. The lowest BCUT2D eigenvalue weighted by molar-refractivity contribution is 0.276. The summed E-state index contributed by atoms with van der Waals surface area (Å²) in [6.45, 7) is 0.319. The third kappa shape index (κ3) is 2.94. The molecule has 1 rings (SSSR count). The SMILES string of the molecule is NCCOP(=O)(O)c1ccccc1. The minimum Gasteiger partial charge on any atom is -0.328 e.